The van der Waals surface area contributed by atoms with Crippen LogP contribution in [0.5, 0.6) is 0 Å². The number of nitrogens with zero attached hydrogens (tertiary/aromatic N) is 1. The van der Waals surface area contributed by atoms with Crippen LogP contribution in [0.4, 0.5) is 0 Å². The Bertz CT molecular complexity index is 760. The van der Waals surface area contributed by atoms with Gasteiger partial charge in [0.05, 0.1) is 5.92 Å². The largest absolute Gasteiger partial charge is 0.285 e. The predicted octanol–water partition coefficient (Wildman–Crippen LogP) is 13.4. The topological polar surface area (TPSA) is 37.4 Å². The molecule has 1 aliphatic heterocycles. The number of rotatable bonds is 0. The third kappa shape index (κ3) is 15.2. The first-order chi connectivity index (χ1) is 18.6. The highest BCUT2D eigenvalue weighted by Crippen LogP contribution is 2.51. The van der Waals surface area contributed by atoms with Crippen molar-refractivity contribution in [2.45, 2.75) is 193 Å². The molecule has 0 saturated carbocycles. The van der Waals surface area contributed by atoms with E-state index in [9.17, 15) is 9.59 Å². The average molecular weight is 626 g/mol. The molecular weight excluding hydrogens is 538 g/mol. The maximum atomic E-state index is 11.5. The lowest BCUT2D eigenvalue weighted by molar-refractivity contribution is -0.138. The molecule has 268 valence electrons. The Hall–Kier alpha value is -0.860. The molecule has 1 aliphatic rings. The van der Waals surface area contributed by atoms with E-state index in [-0.39, 0.29) is 23.1 Å². The number of likely N-dealkylation sites (tertiary alicyclic amines) is 1. The minimum atomic E-state index is -0.130. The van der Waals surface area contributed by atoms with E-state index < -0.39 is 0 Å². The summed E-state index contributed by atoms with van der Waals surface area (Å²) in [6.07, 6.45) is 0.374. The second kappa shape index (κ2) is 16.3. The highest BCUT2D eigenvalue weighted by Gasteiger charge is 2.44. The van der Waals surface area contributed by atoms with Crippen molar-refractivity contribution in [2.75, 3.05) is 7.05 Å². The van der Waals surface area contributed by atoms with Crippen LogP contribution >= 0.6 is 0 Å². The molecule has 0 aromatic heterocycles. The van der Waals surface area contributed by atoms with E-state index in [0.717, 1.165) is 0 Å². The van der Waals surface area contributed by atoms with Gasteiger partial charge in [-0.25, -0.2) is 0 Å². The van der Waals surface area contributed by atoms with Crippen molar-refractivity contribution in [1.29, 1.82) is 0 Å². The number of carbonyl (C=O) groups excluding carboxylic acids is 2. The van der Waals surface area contributed by atoms with Crippen LogP contribution in [-0.2, 0) is 9.59 Å². The van der Waals surface area contributed by atoms with E-state index in [1.54, 1.807) is 7.05 Å². The summed E-state index contributed by atoms with van der Waals surface area (Å²) in [6, 6.07) is 0. The molecule has 0 aliphatic carbocycles. The Balaban J connectivity index is -0.000000240. The summed E-state index contributed by atoms with van der Waals surface area (Å²) >= 11 is 0. The Morgan fingerprint density at radius 1 is 0.432 bits per heavy atom. The second-order valence-corrected chi connectivity index (χ2v) is 21.2. The molecule has 0 N–H and O–H groups in total. The van der Waals surface area contributed by atoms with Gasteiger partial charge in [-0.2, -0.15) is 0 Å². The van der Waals surface area contributed by atoms with Crippen molar-refractivity contribution < 1.29 is 9.59 Å². The summed E-state index contributed by atoms with van der Waals surface area (Å²) in [5.74, 6) is -0.220. The average Bonchev–Trinajstić information content (AvgIpc) is 2.99. The molecule has 1 unspecified atom stereocenters. The van der Waals surface area contributed by atoms with Gasteiger partial charge in [0.15, 0.2) is 0 Å². The van der Waals surface area contributed by atoms with Crippen molar-refractivity contribution in [2.24, 2.45) is 54.7 Å². The SMILES string of the molecule is CC.CC(C)(C)C(C)(C)C.CC(C)(C)C(C)(C)C(C)(C)C.CC(C)(C)C(C)(C)C(C)(C)C.CN1C(=O)CC(C(C)(C)C)C1=O. The van der Waals surface area contributed by atoms with Gasteiger partial charge >= 0.3 is 0 Å². The van der Waals surface area contributed by atoms with Gasteiger partial charge in [-0.1, -0.05) is 187 Å². The maximum absolute atomic E-state index is 11.5. The first-order valence-corrected chi connectivity index (χ1v) is 17.4. The molecule has 0 aromatic carbocycles. The molecule has 0 spiro atoms. The van der Waals surface area contributed by atoms with Crippen molar-refractivity contribution in [3.8, 4) is 0 Å². The number of imide groups is 1. The lowest BCUT2D eigenvalue weighted by atomic mass is 9.56. The summed E-state index contributed by atoms with van der Waals surface area (Å²) in [5.41, 5.74) is 3.05. The van der Waals surface area contributed by atoms with Crippen molar-refractivity contribution in [3.05, 3.63) is 0 Å². The van der Waals surface area contributed by atoms with Crippen molar-refractivity contribution in [1.82, 2.24) is 4.90 Å². The van der Waals surface area contributed by atoms with E-state index in [0.29, 0.717) is 49.7 Å². The molecule has 3 nitrogen and oxygen atoms in total. The quantitative estimate of drug-likeness (QED) is 0.251. The van der Waals surface area contributed by atoms with E-state index >= 15 is 0 Å². The van der Waals surface area contributed by atoms with Gasteiger partial charge in [-0.3, -0.25) is 14.5 Å². The zero-order chi connectivity index (χ0) is 37.5. The van der Waals surface area contributed by atoms with Gasteiger partial charge in [0.2, 0.25) is 11.8 Å². The molecule has 3 heteroatoms. The minimum Gasteiger partial charge on any atom is -0.285 e. The summed E-state index contributed by atoms with van der Waals surface area (Å²) in [6.45, 7) is 60.8. The zero-order valence-electron chi connectivity index (χ0n) is 36.0. The molecular formula is C41H87NO2. The monoisotopic (exact) mass is 626 g/mol. The van der Waals surface area contributed by atoms with Crippen LogP contribution in [0.2, 0.25) is 0 Å². The van der Waals surface area contributed by atoms with Crippen LogP contribution in [-0.4, -0.2) is 23.8 Å². The molecule has 44 heavy (non-hydrogen) atoms. The summed E-state index contributed by atoms with van der Waals surface area (Å²) in [4.78, 5) is 23.8. The maximum Gasteiger partial charge on any atom is 0.233 e. The van der Waals surface area contributed by atoms with Crippen LogP contribution in [0.1, 0.15) is 193 Å². The second-order valence-electron chi connectivity index (χ2n) is 21.2. The van der Waals surface area contributed by atoms with Gasteiger partial charge in [0, 0.05) is 13.5 Å². The van der Waals surface area contributed by atoms with E-state index in [4.69, 9.17) is 0 Å². The lowest BCUT2D eigenvalue weighted by Crippen LogP contribution is -2.41. The first kappa shape index (κ1) is 50.0. The summed E-state index contributed by atoms with van der Waals surface area (Å²) in [5, 5.41) is 0. The van der Waals surface area contributed by atoms with Gasteiger partial charge in [-0.15, -0.1) is 0 Å². The van der Waals surface area contributed by atoms with Gasteiger partial charge < -0.3 is 0 Å². The summed E-state index contributed by atoms with van der Waals surface area (Å²) in [7, 11) is 1.55. The molecule has 1 fully saturated rings. The molecule has 1 heterocycles. The van der Waals surface area contributed by atoms with Crippen LogP contribution in [0, 0.1) is 54.7 Å². The van der Waals surface area contributed by atoms with Crippen LogP contribution in [0.25, 0.3) is 0 Å². The van der Waals surface area contributed by atoms with Gasteiger partial charge in [0.25, 0.3) is 0 Å². The van der Waals surface area contributed by atoms with E-state index in [1.165, 1.54) is 4.90 Å². The third-order valence-electron chi connectivity index (χ3n) is 12.2. The van der Waals surface area contributed by atoms with Crippen LogP contribution in [0.3, 0.4) is 0 Å². The zero-order valence-corrected chi connectivity index (χ0v) is 36.0. The molecule has 0 bridgehead atoms. The molecule has 0 radical (unpaired) electrons. The molecule has 0 aromatic rings. The predicted molar refractivity (Wildman–Crippen MR) is 201 cm³/mol. The number of hydrogen-bond acceptors (Lipinski definition) is 2. The Labute approximate surface area is 280 Å². The summed E-state index contributed by atoms with van der Waals surface area (Å²) < 4.78 is 0. The minimum absolute atomic E-state index is 0.0347. The van der Waals surface area contributed by atoms with Crippen molar-refractivity contribution >= 4 is 11.8 Å². The highest BCUT2D eigenvalue weighted by atomic mass is 16.2. The Kier molecular flexibility index (Phi) is 18.5. The smallest absolute Gasteiger partial charge is 0.233 e. The van der Waals surface area contributed by atoms with E-state index in [2.05, 4.69) is 152 Å². The van der Waals surface area contributed by atoms with Gasteiger partial charge in [0.1, 0.15) is 0 Å². The van der Waals surface area contributed by atoms with Gasteiger partial charge in [-0.05, 0) is 48.7 Å². The molecule has 2 amide bonds. The molecule has 1 rings (SSSR count). The third-order valence-corrected chi connectivity index (χ3v) is 12.2. The van der Waals surface area contributed by atoms with E-state index in [1.807, 2.05) is 34.6 Å². The molecule has 1 atom stereocenters. The van der Waals surface area contributed by atoms with Crippen molar-refractivity contribution in [3.63, 3.8) is 0 Å². The standard InChI is InChI=1S/2C11H24.C9H15NO2.C8H18.C2H6/c2*1-9(2,3)11(7,8)10(4,5)6;1-9(2,3)6-5-7(11)10(4)8(6)12;1-7(2,3)8(4,5)6;1-2/h2*1-8H3;6H,5H2,1-4H3;1-6H3;1-2H3. The lowest BCUT2D eigenvalue weighted by Gasteiger charge is -2.49. The normalized spacial score (nSPS) is 17.3. The fourth-order valence-corrected chi connectivity index (χ4v) is 3.68. The Morgan fingerprint density at radius 3 is 0.682 bits per heavy atom. The van der Waals surface area contributed by atoms with Crippen LogP contribution in [0.15, 0.2) is 0 Å². The number of hydrogen-bond donors (Lipinski definition) is 0. The fourth-order valence-electron chi connectivity index (χ4n) is 3.68. The first-order valence-electron chi connectivity index (χ1n) is 17.4. The number of amides is 2. The Morgan fingerprint density at radius 2 is 0.636 bits per heavy atom. The highest BCUT2D eigenvalue weighted by molar-refractivity contribution is 6.03. The molecule has 1 saturated heterocycles. The van der Waals surface area contributed by atoms with Crippen LogP contribution < -0.4 is 0 Å². The number of carbonyl (C=O) groups is 2. The fraction of sp³-hybridized carbons (Fsp3) is 0.951.